The van der Waals surface area contributed by atoms with Crippen molar-refractivity contribution in [2.75, 3.05) is 26.2 Å². The molecular formula is C17H20N4O2. The Morgan fingerprint density at radius 1 is 1.17 bits per heavy atom. The molecule has 1 aliphatic rings. The summed E-state index contributed by atoms with van der Waals surface area (Å²) in [6, 6.07) is 11.7. The summed E-state index contributed by atoms with van der Waals surface area (Å²) in [6.07, 6.45) is 1.46. The SMILES string of the molecule is CC(=O)N1CCN(C(=O)/C(C#N)=C\NCc2ccccc2)CC1. The molecule has 6 nitrogen and oxygen atoms in total. The molecule has 0 atom stereocenters. The fourth-order valence-electron chi connectivity index (χ4n) is 2.40. The Kier molecular flexibility index (Phi) is 5.75. The number of benzene rings is 1. The number of hydrogen-bond acceptors (Lipinski definition) is 4. The van der Waals surface area contributed by atoms with Crippen LogP contribution in [0.4, 0.5) is 0 Å². The van der Waals surface area contributed by atoms with E-state index in [2.05, 4.69) is 5.32 Å². The van der Waals surface area contributed by atoms with E-state index < -0.39 is 0 Å². The van der Waals surface area contributed by atoms with Gasteiger partial charge in [0.25, 0.3) is 5.91 Å². The number of hydrogen-bond donors (Lipinski definition) is 1. The monoisotopic (exact) mass is 312 g/mol. The predicted octanol–water partition coefficient (Wildman–Crippen LogP) is 0.874. The van der Waals surface area contributed by atoms with E-state index in [-0.39, 0.29) is 17.4 Å². The number of carbonyl (C=O) groups is 2. The molecule has 120 valence electrons. The Balaban J connectivity index is 1.90. The summed E-state index contributed by atoms with van der Waals surface area (Å²) in [6.45, 7) is 4.00. The molecule has 1 aromatic carbocycles. The average molecular weight is 312 g/mol. The van der Waals surface area contributed by atoms with Gasteiger partial charge < -0.3 is 15.1 Å². The molecule has 1 fully saturated rings. The maximum atomic E-state index is 12.3. The molecule has 1 aliphatic heterocycles. The van der Waals surface area contributed by atoms with Crippen molar-refractivity contribution in [2.24, 2.45) is 0 Å². The quantitative estimate of drug-likeness (QED) is 0.661. The highest BCUT2D eigenvalue weighted by atomic mass is 16.2. The van der Waals surface area contributed by atoms with E-state index in [0.29, 0.717) is 32.7 Å². The molecule has 0 unspecified atom stereocenters. The number of rotatable bonds is 4. The van der Waals surface area contributed by atoms with Crippen LogP contribution < -0.4 is 5.32 Å². The molecule has 2 amide bonds. The first kappa shape index (κ1) is 16.6. The lowest BCUT2D eigenvalue weighted by atomic mass is 10.2. The number of amides is 2. The molecule has 6 heteroatoms. The number of nitrogens with zero attached hydrogens (tertiary/aromatic N) is 3. The highest BCUT2D eigenvalue weighted by molar-refractivity contribution is 5.97. The normalized spacial score (nSPS) is 15.0. The summed E-state index contributed by atoms with van der Waals surface area (Å²) in [5.41, 5.74) is 1.15. The molecule has 1 saturated heterocycles. The topological polar surface area (TPSA) is 76.4 Å². The number of piperazine rings is 1. The third kappa shape index (κ3) is 4.58. The van der Waals surface area contributed by atoms with Gasteiger partial charge in [-0.2, -0.15) is 5.26 Å². The van der Waals surface area contributed by atoms with Crippen LogP contribution in [0.1, 0.15) is 12.5 Å². The molecule has 2 rings (SSSR count). The van der Waals surface area contributed by atoms with Gasteiger partial charge in [0, 0.05) is 45.8 Å². The molecule has 0 aliphatic carbocycles. The van der Waals surface area contributed by atoms with Gasteiger partial charge in [-0.15, -0.1) is 0 Å². The zero-order chi connectivity index (χ0) is 16.7. The van der Waals surface area contributed by atoms with Crippen molar-refractivity contribution in [3.05, 3.63) is 47.7 Å². The molecule has 0 radical (unpaired) electrons. The number of nitriles is 1. The van der Waals surface area contributed by atoms with Gasteiger partial charge in [-0.3, -0.25) is 9.59 Å². The summed E-state index contributed by atoms with van der Waals surface area (Å²) in [4.78, 5) is 26.9. The molecule has 0 aromatic heterocycles. The van der Waals surface area contributed by atoms with Crippen molar-refractivity contribution in [3.63, 3.8) is 0 Å². The van der Waals surface area contributed by atoms with E-state index in [1.165, 1.54) is 13.1 Å². The molecular weight excluding hydrogens is 292 g/mol. The summed E-state index contributed by atoms with van der Waals surface area (Å²) in [5, 5.41) is 12.2. The fourth-order valence-corrected chi connectivity index (χ4v) is 2.40. The van der Waals surface area contributed by atoms with Crippen molar-refractivity contribution in [1.82, 2.24) is 15.1 Å². The van der Waals surface area contributed by atoms with Crippen LogP contribution in [0, 0.1) is 11.3 Å². The van der Waals surface area contributed by atoms with E-state index in [0.717, 1.165) is 5.56 Å². The first-order valence-electron chi connectivity index (χ1n) is 7.54. The largest absolute Gasteiger partial charge is 0.386 e. The Labute approximate surface area is 136 Å². The van der Waals surface area contributed by atoms with Crippen LogP contribution in [0.5, 0.6) is 0 Å². The van der Waals surface area contributed by atoms with Crippen LogP contribution in [0.25, 0.3) is 0 Å². The van der Waals surface area contributed by atoms with Crippen molar-refractivity contribution in [1.29, 1.82) is 5.26 Å². The smallest absolute Gasteiger partial charge is 0.266 e. The van der Waals surface area contributed by atoms with E-state index in [9.17, 15) is 14.9 Å². The zero-order valence-corrected chi connectivity index (χ0v) is 13.2. The maximum absolute atomic E-state index is 12.3. The second kappa shape index (κ2) is 7.99. The second-order valence-electron chi connectivity index (χ2n) is 5.33. The minimum absolute atomic E-state index is 0.0117. The van der Waals surface area contributed by atoms with Crippen molar-refractivity contribution in [2.45, 2.75) is 13.5 Å². The first-order chi connectivity index (χ1) is 11.1. The Morgan fingerprint density at radius 3 is 2.35 bits per heavy atom. The summed E-state index contributed by atoms with van der Waals surface area (Å²) in [7, 11) is 0. The Bertz CT molecular complexity index is 626. The minimum Gasteiger partial charge on any atom is -0.386 e. The van der Waals surface area contributed by atoms with E-state index in [1.807, 2.05) is 36.4 Å². The molecule has 0 saturated carbocycles. The lowest BCUT2D eigenvalue weighted by Crippen LogP contribution is -2.50. The van der Waals surface area contributed by atoms with Crippen molar-refractivity contribution >= 4 is 11.8 Å². The van der Waals surface area contributed by atoms with Gasteiger partial charge in [0.15, 0.2) is 0 Å². The molecule has 1 N–H and O–H groups in total. The third-order valence-corrected chi connectivity index (χ3v) is 3.76. The van der Waals surface area contributed by atoms with Gasteiger partial charge in [0.05, 0.1) is 0 Å². The van der Waals surface area contributed by atoms with E-state index >= 15 is 0 Å². The lowest BCUT2D eigenvalue weighted by Gasteiger charge is -2.34. The lowest BCUT2D eigenvalue weighted by molar-refractivity contribution is -0.136. The van der Waals surface area contributed by atoms with E-state index in [4.69, 9.17) is 0 Å². The van der Waals surface area contributed by atoms with Crippen LogP contribution in [0.2, 0.25) is 0 Å². The van der Waals surface area contributed by atoms with Crippen LogP contribution in [-0.4, -0.2) is 47.8 Å². The van der Waals surface area contributed by atoms with Gasteiger partial charge >= 0.3 is 0 Å². The summed E-state index contributed by atoms with van der Waals surface area (Å²) in [5.74, 6) is -0.283. The first-order valence-corrected chi connectivity index (χ1v) is 7.54. The highest BCUT2D eigenvalue weighted by Crippen LogP contribution is 2.07. The average Bonchev–Trinajstić information content (AvgIpc) is 2.59. The molecule has 0 bridgehead atoms. The minimum atomic E-state index is -0.295. The predicted molar refractivity (Wildman–Crippen MR) is 85.8 cm³/mol. The summed E-state index contributed by atoms with van der Waals surface area (Å²) < 4.78 is 0. The van der Waals surface area contributed by atoms with E-state index in [1.54, 1.807) is 9.80 Å². The third-order valence-electron chi connectivity index (χ3n) is 3.76. The highest BCUT2D eigenvalue weighted by Gasteiger charge is 2.24. The molecule has 0 spiro atoms. The van der Waals surface area contributed by atoms with Gasteiger partial charge in [-0.1, -0.05) is 30.3 Å². The van der Waals surface area contributed by atoms with Crippen molar-refractivity contribution in [3.8, 4) is 6.07 Å². The molecule has 1 aromatic rings. The molecule has 1 heterocycles. The number of nitrogens with one attached hydrogen (secondary N) is 1. The molecule has 23 heavy (non-hydrogen) atoms. The van der Waals surface area contributed by atoms with Crippen LogP contribution >= 0.6 is 0 Å². The summed E-state index contributed by atoms with van der Waals surface area (Å²) >= 11 is 0. The number of carbonyl (C=O) groups excluding carboxylic acids is 2. The zero-order valence-electron chi connectivity index (χ0n) is 13.2. The van der Waals surface area contributed by atoms with Crippen LogP contribution in [0.3, 0.4) is 0 Å². The maximum Gasteiger partial charge on any atom is 0.266 e. The van der Waals surface area contributed by atoms with Crippen LogP contribution in [0.15, 0.2) is 42.1 Å². The van der Waals surface area contributed by atoms with Gasteiger partial charge in [0.2, 0.25) is 5.91 Å². The van der Waals surface area contributed by atoms with Gasteiger partial charge in [0.1, 0.15) is 11.6 Å². The van der Waals surface area contributed by atoms with Crippen molar-refractivity contribution < 1.29 is 9.59 Å². The van der Waals surface area contributed by atoms with Crippen LogP contribution in [-0.2, 0) is 16.1 Å². The standard InChI is InChI=1S/C17H20N4O2/c1-14(22)20-7-9-21(10-8-20)17(23)16(11-18)13-19-12-15-5-3-2-4-6-15/h2-6,13,19H,7-10,12H2,1H3/b16-13-. The van der Waals surface area contributed by atoms with Gasteiger partial charge in [-0.05, 0) is 5.56 Å². The Hall–Kier alpha value is -2.81. The fraction of sp³-hybridized carbons (Fsp3) is 0.353. The second-order valence-corrected chi connectivity index (χ2v) is 5.33. The van der Waals surface area contributed by atoms with Gasteiger partial charge in [-0.25, -0.2) is 0 Å². The Morgan fingerprint density at radius 2 is 1.78 bits per heavy atom.